The van der Waals surface area contributed by atoms with Crippen molar-refractivity contribution in [2.75, 3.05) is 13.7 Å². The van der Waals surface area contributed by atoms with Gasteiger partial charge in [-0.2, -0.15) is 0 Å². The van der Waals surface area contributed by atoms with E-state index in [1.807, 2.05) is 13.0 Å². The molecule has 0 atom stereocenters. The quantitative estimate of drug-likeness (QED) is 0.897. The number of hydrogen-bond acceptors (Lipinski definition) is 3. The highest BCUT2D eigenvalue weighted by molar-refractivity contribution is 9.10. The zero-order chi connectivity index (χ0) is 13.8. The van der Waals surface area contributed by atoms with E-state index in [0.717, 1.165) is 28.1 Å². The molecule has 102 valence electrons. The van der Waals surface area contributed by atoms with Crippen molar-refractivity contribution < 1.29 is 9.47 Å². The summed E-state index contributed by atoms with van der Waals surface area (Å²) in [4.78, 5) is 0. The molecule has 4 heteroatoms. The summed E-state index contributed by atoms with van der Waals surface area (Å²) < 4.78 is 11.9. The van der Waals surface area contributed by atoms with Gasteiger partial charge in [-0.25, -0.2) is 0 Å². The molecule has 3 nitrogen and oxygen atoms in total. The highest BCUT2D eigenvalue weighted by atomic mass is 79.9. The lowest BCUT2D eigenvalue weighted by atomic mass is 10.1. The number of nitrogens with one attached hydrogen (secondary N) is 1. The van der Waals surface area contributed by atoms with E-state index in [1.54, 1.807) is 7.11 Å². The molecule has 0 saturated carbocycles. The van der Waals surface area contributed by atoms with E-state index >= 15 is 0 Å². The molecule has 0 aliphatic carbocycles. The molecule has 18 heavy (non-hydrogen) atoms. The highest BCUT2D eigenvalue weighted by Crippen LogP contribution is 2.36. The standard InChI is InChI=1S/C14H22BrNO2/c1-6-18-13-11(15)7-10(8-12(13)17-5)9-16-14(2,3)4/h7-8,16H,6,9H2,1-5H3. The second-order valence-corrected chi connectivity index (χ2v) is 6.00. The Labute approximate surface area is 118 Å². The summed E-state index contributed by atoms with van der Waals surface area (Å²) in [5.74, 6) is 1.52. The summed E-state index contributed by atoms with van der Waals surface area (Å²) in [6.07, 6.45) is 0. The number of halogens is 1. The van der Waals surface area contributed by atoms with Gasteiger partial charge in [0.05, 0.1) is 18.2 Å². The second-order valence-electron chi connectivity index (χ2n) is 5.15. The first-order valence-corrected chi connectivity index (χ1v) is 6.91. The fourth-order valence-electron chi connectivity index (χ4n) is 1.53. The smallest absolute Gasteiger partial charge is 0.175 e. The molecule has 0 spiro atoms. The first-order valence-electron chi connectivity index (χ1n) is 6.11. The predicted octanol–water partition coefficient (Wildman–Crippen LogP) is 3.74. The largest absolute Gasteiger partial charge is 0.493 e. The summed E-state index contributed by atoms with van der Waals surface area (Å²) in [6.45, 7) is 9.82. The van der Waals surface area contributed by atoms with Gasteiger partial charge in [0.1, 0.15) is 0 Å². The van der Waals surface area contributed by atoms with Crippen LogP contribution in [-0.2, 0) is 6.54 Å². The van der Waals surface area contributed by atoms with Crippen molar-refractivity contribution in [2.24, 2.45) is 0 Å². The maximum atomic E-state index is 5.57. The Hall–Kier alpha value is -0.740. The Morgan fingerprint density at radius 1 is 1.28 bits per heavy atom. The minimum absolute atomic E-state index is 0.0955. The van der Waals surface area contributed by atoms with E-state index in [4.69, 9.17) is 9.47 Å². The van der Waals surface area contributed by atoms with Gasteiger partial charge < -0.3 is 14.8 Å². The minimum atomic E-state index is 0.0955. The molecule has 0 saturated heterocycles. The van der Waals surface area contributed by atoms with E-state index in [9.17, 15) is 0 Å². The van der Waals surface area contributed by atoms with Crippen LogP contribution in [0.25, 0.3) is 0 Å². The SMILES string of the molecule is CCOc1c(Br)cc(CNC(C)(C)C)cc1OC. The maximum absolute atomic E-state index is 5.57. The maximum Gasteiger partial charge on any atom is 0.175 e. The predicted molar refractivity (Wildman–Crippen MR) is 78.5 cm³/mol. The van der Waals surface area contributed by atoms with E-state index in [0.29, 0.717) is 6.61 Å². The van der Waals surface area contributed by atoms with Crippen LogP contribution in [0.1, 0.15) is 33.3 Å². The molecular weight excluding hydrogens is 294 g/mol. The highest BCUT2D eigenvalue weighted by Gasteiger charge is 2.13. The summed E-state index contributed by atoms with van der Waals surface area (Å²) in [5, 5.41) is 3.45. The first kappa shape index (κ1) is 15.3. The second kappa shape index (κ2) is 6.43. The minimum Gasteiger partial charge on any atom is -0.493 e. The number of hydrogen-bond donors (Lipinski definition) is 1. The summed E-state index contributed by atoms with van der Waals surface area (Å²) in [7, 11) is 1.66. The van der Waals surface area contributed by atoms with Crippen LogP contribution in [0.4, 0.5) is 0 Å². The number of ether oxygens (including phenoxy) is 2. The van der Waals surface area contributed by atoms with Crippen LogP contribution < -0.4 is 14.8 Å². The fourth-order valence-corrected chi connectivity index (χ4v) is 2.13. The van der Waals surface area contributed by atoms with Crippen molar-refractivity contribution >= 4 is 15.9 Å². The average molecular weight is 316 g/mol. The third kappa shape index (κ3) is 4.50. The number of benzene rings is 1. The summed E-state index contributed by atoms with van der Waals surface area (Å²) in [6, 6.07) is 4.07. The van der Waals surface area contributed by atoms with Gasteiger partial charge in [0.15, 0.2) is 11.5 Å². The monoisotopic (exact) mass is 315 g/mol. The lowest BCUT2D eigenvalue weighted by Crippen LogP contribution is -2.35. The normalized spacial score (nSPS) is 11.4. The Morgan fingerprint density at radius 2 is 1.94 bits per heavy atom. The Bertz CT molecular complexity index is 400. The Kier molecular flexibility index (Phi) is 5.47. The topological polar surface area (TPSA) is 30.5 Å². The van der Waals surface area contributed by atoms with Gasteiger partial charge in [-0.05, 0) is 61.3 Å². The van der Waals surface area contributed by atoms with Gasteiger partial charge in [-0.1, -0.05) is 0 Å². The molecular formula is C14H22BrNO2. The molecule has 0 fully saturated rings. The van der Waals surface area contributed by atoms with Gasteiger partial charge in [-0.15, -0.1) is 0 Å². The van der Waals surface area contributed by atoms with Crippen molar-refractivity contribution in [1.29, 1.82) is 0 Å². The van der Waals surface area contributed by atoms with Gasteiger partial charge in [0.2, 0.25) is 0 Å². The summed E-state index contributed by atoms with van der Waals surface area (Å²) >= 11 is 3.53. The van der Waals surface area contributed by atoms with Crippen molar-refractivity contribution in [2.45, 2.75) is 39.8 Å². The van der Waals surface area contributed by atoms with Crippen molar-refractivity contribution in [3.05, 3.63) is 22.2 Å². The Balaban J connectivity index is 2.92. The van der Waals surface area contributed by atoms with Crippen molar-refractivity contribution in [1.82, 2.24) is 5.32 Å². The van der Waals surface area contributed by atoms with Gasteiger partial charge >= 0.3 is 0 Å². The molecule has 0 heterocycles. The van der Waals surface area contributed by atoms with Crippen LogP contribution in [0.15, 0.2) is 16.6 Å². The fraction of sp³-hybridized carbons (Fsp3) is 0.571. The zero-order valence-corrected chi connectivity index (χ0v) is 13.3. The van der Waals surface area contributed by atoms with E-state index < -0.39 is 0 Å². The zero-order valence-electron chi connectivity index (χ0n) is 11.8. The van der Waals surface area contributed by atoms with Crippen molar-refractivity contribution in [3.63, 3.8) is 0 Å². The van der Waals surface area contributed by atoms with E-state index in [1.165, 1.54) is 0 Å². The Morgan fingerprint density at radius 3 is 2.44 bits per heavy atom. The van der Waals surface area contributed by atoms with E-state index in [2.05, 4.69) is 48.1 Å². The van der Waals surface area contributed by atoms with Crippen LogP contribution in [0.3, 0.4) is 0 Å². The van der Waals surface area contributed by atoms with Crippen LogP contribution >= 0.6 is 15.9 Å². The van der Waals surface area contributed by atoms with E-state index in [-0.39, 0.29) is 5.54 Å². The number of rotatable bonds is 5. The van der Waals surface area contributed by atoms with Gasteiger partial charge in [0.25, 0.3) is 0 Å². The molecule has 0 aliphatic heterocycles. The molecule has 1 aromatic rings. The van der Waals surface area contributed by atoms with Gasteiger partial charge in [0, 0.05) is 12.1 Å². The molecule has 0 bridgehead atoms. The molecule has 0 radical (unpaired) electrons. The molecule has 0 aromatic heterocycles. The van der Waals surface area contributed by atoms with Gasteiger partial charge in [-0.3, -0.25) is 0 Å². The lowest BCUT2D eigenvalue weighted by molar-refractivity contribution is 0.308. The van der Waals surface area contributed by atoms with Crippen LogP contribution in [0.5, 0.6) is 11.5 Å². The van der Waals surface area contributed by atoms with Crippen LogP contribution in [0, 0.1) is 0 Å². The molecule has 0 aliphatic rings. The lowest BCUT2D eigenvalue weighted by Gasteiger charge is -2.21. The third-order valence-electron chi connectivity index (χ3n) is 2.40. The third-order valence-corrected chi connectivity index (χ3v) is 2.99. The first-order chi connectivity index (χ1) is 8.37. The average Bonchev–Trinajstić information content (AvgIpc) is 2.28. The van der Waals surface area contributed by atoms with Crippen LogP contribution in [-0.4, -0.2) is 19.3 Å². The number of methoxy groups -OCH3 is 1. The molecule has 1 rings (SSSR count). The molecule has 1 aromatic carbocycles. The van der Waals surface area contributed by atoms with Crippen molar-refractivity contribution in [3.8, 4) is 11.5 Å². The molecule has 1 N–H and O–H groups in total. The molecule has 0 amide bonds. The van der Waals surface area contributed by atoms with Crippen LogP contribution in [0.2, 0.25) is 0 Å². The molecule has 0 unspecified atom stereocenters. The summed E-state index contributed by atoms with van der Waals surface area (Å²) in [5.41, 5.74) is 1.26.